The molecule has 0 radical (unpaired) electrons. The Morgan fingerprint density at radius 2 is 1.62 bits per heavy atom. The molecule has 0 bridgehead atoms. The Labute approximate surface area is 208 Å². The maximum Gasteiger partial charge on any atom is 0.490 e. The number of anilines is 1. The number of halogens is 3. The van der Waals surface area contributed by atoms with Gasteiger partial charge in [-0.15, -0.1) is 0 Å². The lowest BCUT2D eigenvalue weighted by Gasteiger charge is -2.31. The number of fused-ring (bicyclic) bond motifs is 1. The Bertz CT molecular complexity index is 1280. The number of nitrogen functional groups attached to an aromatic ring is 1. The minimum Gasteiger partial charge on any atom is -0.475 e. The number of carboxylic acids is 1. The summed E-state index contributed by atoms with van der Waals surface area (Å²) < 4.78 is 36.5. The normalized spacial score (nSPS) is 15.4. The molecule has 1 aliphatic carbocycles. The maximum absolute atomic E-state index is 12.9. The van der Waals surface area contributed by atoms with Crippen LogP contribution < -0.4 is 11.1 Å². The molecule has 2 aromatic carbocycles. The highest BCUT2D eigenvalue weighted by atomic mass is 19.4. The Hall–Kier alpha value is -4.29. The zero-order valence-electron chi connectivity index (χ0n) is 20.0. The summed E-state index contributed by atoms with van der Waals surface area (Å²) in [6.45, 7) is 3.63. The molecule has 1 saturated carbocycles. The van der Waals surface area contributed by atoms with Crippen molar-refractivity contribution in [1.82, 2.24) is 0 Å². The van der Waals surface area contributed by atoms with E-state index < -0.39 is 46.9 Å². The summed E-state index contributed by atoms with van der Waals surface area (Å²) in [5.74, 6) is -6.49. The highest BCUT2D eigenvalue weighted by Crippen LogP contribution is 2.35. The highest BCUT2D eigenvalue weighted by Gasteiger charge is 2.43. The number of amides is 1. The van der Waals surface area contributed by atoms with Gasteiger partial charge in [0.05, 0.1) is 12.7 Å². The fraction of sp³-hybridized carbons (Fsp3) is 0.333. The monoisotopic (exact) mass is 523 g/mol. The average molecular weight is 523 g/mol. The van der Waals surface area contributed by atoms with Crippen molar-refractivity contribution in [3.8, 4) is 0 Å². The minimum absolute atomic E-state index is 0.133. The number of ketones is 2. The number of Topliss-reactive ketones (excluding diaryl/α,β-unsaturated/α-hetero) is 2. The number of carbonyl (C=O) groups excluding carboxylic acids is 4. The first-order valence-electron chi connectivity index (χ1n) is 10.6. The van der Waals surface area contributed by atoms with Crippen molar-refractivity contribution in [2.24, 2.45) is 17.1 Å². The van der Waals surface area contributed by atoms with Crippen molar-refractivity contribution >= 4 is 51.7 Å². The van der Waals surface area contributed by atoms with E-state index in [1.807, 2.05) is 13.8 Å². The van der Waals surface area contributed by atoms with Gasteiger partial charge >= 0.3 is 18.1 Å². The second kappa shape index (κ2) is 10.8. The molecule has 0 aromatic heterocycles. The lowest BCUT2D eigenvalue weighted by atomic mass is 9.71. The summed E-state index contributed by atoms with van der Waals surface area (Å²) in [4.78, 5) is 58.8. The number of rotatable bonds is 4. The van der Waals surface area contributed by atoms with Gasteiger partial charge < -0.3 is 20.9 Å². The molecule has 198 valence electrons. The van der Waals surface area contributed by atoms with Gasteiger partial charge in [0, 0.05) is 29.5 Å². The molecule has 13 heteroatoms. The number of nitrogens with two attached hydrogens (primary N) is 1. The van der Waals surface area contributed by atoms with Crippen LogP contribution in [-0.4, -0.2) is 53.6 Å². The lowest BCUT2D eigenvalue weighted by Crippen LogP contribution is -2.44. The van der Waals surface area contributed by atoms with Crippen LogP contribution in [0.25, 0.3) is 10.8 Å². The third-order valence-corrected chi connectivity index (χ3v) is 5.40. The molecule has 0 unspecified atom stereocenters. The Kier molecular flexibility index (Phi) is 8.42. The molecule has 0 spiro atoms. The first-order chi connectivity index (χ1) is 17.0. The number of nitrogens with one attached hydrogen (secondary N) is 2. The molecule has 3 rings (SSSR count). The number of aliphatic carboxylic acids is 1. The average Bonchev–Trinajstić information content (AvgIpc) is 2.76. The van der Waals surface area contributed by atoms with Crippen LogP contribution >= 0.6 is 0 Å². The molecule has 10 nitrogen and oxygen atoms in total. The quantitative estimate of drug-likeness (QED) is 0.204. The van der Waals surface area contributed by atoms with Crippen molar-refractivity contribution in [3.63, 3.8) is 0 Å². The van der Waals surface area contributed by atoms with Gasteiger partial charge in [-0.3, -0.25) is 19.8 Å². The van der Waals surface area contributed by atoms with Crippen molar-refractivity contribution in [2.45, 2.75) is 32.9 Å². The number of carboxylic acid groups (broad SMARTS) is 1. The van der Waals surface area contributed by atoms with Crippen molar-refractivity contribution < 1.29 is 47.0 Å². The van der Waals surface area contributed by atoms with Crippen molar-refractivity contribution in [3.05, 3.63) is 41.5 Å². The summed E-state index contributed by atoms with van der Waals surface area (Å²) in [6, 6.07) is 7.88. The number of alkyl halides is 3. The zero-order chi connectivity index (χ0) is 28.3. The summed E-state index contributed by atoms with van der Waals surface area (Å²) >= 11 is 0. The molecule has 5 N–H and O–H groups in total. The first-order valence-corrected chi connectivity index (χ1v) is 10.6. The summed E-state index contributed by atoms with van der Waals surface area (Å²) in [5, 5.41) is 18.5. The summed E-state index contributed by atoms with van der Waals surface area (Å²) in [6.07, 6.45) is -4.82. The number of hydrogen-bond acceptors (Lipinski definition) is 7. The number of carbonyl (C=O) groups is 5. The van der Waals surface area contributed by atoms with Crippen LogP contribution in [0.3, 0.4) is 0 Å². The van der Waals surface area contributed by atoms with Crippen molar-refractivity contribution in [1.29, 1.82) is 5.41 Å². The van der Waals surface area contributed by atoms with Crippen LogP contribution in [0.2, 0.25) is 0 Å². The van der Waals surface area contributed by atoms with Crippen LogP contribution in [0.1, 0.15) is 42.6 Å². The topological polar surface area (TPSA) is 177 Å². The van der Waals surface area contributed by atoms with Crippen LogP contribution in [0, 0.1) is 16.7 Å². The van der Waals surface area contributed by atoms with E-state index >= 15 is 0 Å². The number of hydrogen-bond donors (Lipinski definition) is 4. The van der Waals surface area contributed by atoms with E-state index in [1.165, 1.54) is 13.2 Å². The van der Waals surface area contributed by atoms with Gasteiger partial charge in [0.1, 0.15) is 5.84 Å². The number of benzene rings is 2. The van der Waals surface area contributed by atoms with E-state index in [-0.39, 0.29) is 29.9 Å². The maximum atomic E-state index is 12.9. The minimum atomic E-state index is -5.08. The number of esters is 1. The number of ether oxygens (including phenoxy) is 1. The van der Waals surface area contributed by atoms with E-state index in [0.29, 0.717) is 16.3 Å². The molecule has 2 aromatic rings. The van der Waals surface area contributed by atoms with Gasteiger partial charge in [-0.2, -0.15) is 13.2 Å². The van der Waals surface area contributed by atoms with E-state index in [2.05, 4.69) is 5.32 Å². The standard InChI is InChI=1S/C22H23N3O5.C2HF3O2/c1-22(2)9-16(26)18(17(27)10-22)20(28)25-15-8-13(21(29)30-3)6-11-4-5-12(19(23)24)7-14(11)15;3-2(4,5)1(6)7/h4-8,18H,9-10H2,1-3H3,(H3,23,24)(H,25,28);(H,6,7). The van der Waals surface area contributed by atoms with Crippen LogP contribution in [0.4, 0.5) is 18.9 Å². The van der Waals surface area contributed by atoms with Crippen LogP contribution in [-0.2, 0) is 23.9 Å². The van der Waals surface area contributed by atoms with Gasteiger partial charge in [-0.25, -0.2) is 9.59 Å². The summed E-state index contributed by atoms with van der Waals surface area (Å²) in [5.41, 5.74) is 5.94. The van der Waals surface area contributed by atoms with Gasteiger partial charge in [-0.1, -0.05) is 26.0 Å². The second-order valence-electron chi connectivity index (χ2n) is 9.04. The molecule has 37 heavy (non-hydrogen) atoms. The van der Waals surface area contributed by atoms with Gasteiger partial charge in [0.2, 0.25) is 5.91 Å². The molecular formula is C24H24F3N3O7. The molecule has 0 heterocycles. The predicted octanol–water partition coefficient (Wildman–Crippen LogP) is 3.06. The van der Waals surface area contributed by atoms with E-state index in [0.717, 1.165) is 0 Å². The third kappa shape index (κ3) is 7.12. The molecule has 0 aliphatic heterocycles. The Morgan fingerprint density at radius 3 is 2.08 bits per heavy atom. The second-order valence-corrected chi connectivity index (χ2v) is 9.04. The third-order valence-electron chi connectivity index (χ3n) is 5.40. The highest BCUT2D eigenvalue weighted by molar-refractivity contribution is 6.24. The fourth-order valence-electron chi connectivity index (χ4n) is 3.75. The smallest absolute Gasteiger partial charge is 0.475 e. The SMILES string of the molecule is COC(=O)c1cc(NC(=O)C2C(=O)CC(C)(C)CC2=O)c2cc(C(=N)N)ccc2c1.O=C(O)C(F)(F)F. The molecule has 0 saturated heterocycles. The fourth-order valence-corrected chi connectivity index (χ4v) is 3.75. The largest absolute Gasteiger partial charge is 0.490 e. The van der Waals surface area contributed by atoms with Crippen LogP contribution in [0.5, 0.6) is 0 Å². The van der Waals surface area contributed by atoms with E-state index in [9.17, 15) is 32.3 Å². The molecule has 1 fully saturated rings. The molecule has 0 atom stereocenters. The van der Waals surface area contributed by atoms with Crippen LogP contribution in [0.15, 0.2) is 30.3 Å². The van der Waals surface area contributed by atoms with Gasteiger partial charge in [0.15, 0.2) is 17.5 Å². The predicted molar refractivity (Wildman–Crippen MR) is 125 cm³/mol. The Balaban J connectivity index is 0.000000604. The number of amidine groups is 1. The molecular weight excluding hydrogens is 499 g/mol. The zero-order valence-corrected chi connectivity index (χ0v) is 20.0. The van der Waals surface area contributed by atoms with E-state index in [4.69, 9.17) is 25.8 Å². The van der Waals surface area contributed by atoms with Gasteiger partial charge in [-0.05, 0) is 29.0 Å². The Morgan fingerprint density at radius 1 is 1.08 bits per heavy atom. The van der Waals surface area contributed by atoms with Crippen molar-refractivity contribution in [2.75, 3.05) is 12.4 Å². The molecule has 1 amide bonds. The molecule has 1 aliphatic rings. The van der Waals surface area contributed by atoms with Gasteiger partial charge in [0.25, 0.3) is 0 Å². The van der Waals surface area contributed by atoms with E-state index in [1.54, 1.807) is 24.3 Å². The first kappa shape index (κ1) is 28.9. The lowest BCUT2D eigenvalue weighted by molar-refractivity contribution is -0.192. The number of methoxy groups -OCH3 is 1. The summed E-state index contributed by atoms with van der Waals surface area (Å²) in [7, 11) is 1.24.